The monoisotopic (exact) mass is 239 g/mol. The van der Waals surface area contributed by atoms with Crippen molar-refractivity contribution < 1.29 is 8.42 Å². The predicted molar refractivity (Wildman–Crippen MR) is 66.7 cm³/mol. The van der Waals surface area contributed by atoms with Gasteiger partial charge < -0.3 is 5.32 Å². The second kappa shape index (κ2) is 4.45. The van der Waals surface area contributed by atoms with E-state index in [4.69, 9.17) is 0 Å². The van der Waals surface area contributed by atoms with Crippen molar-refractivity contribution in [2.75, 3.05) is 23.9 Å². The van der Waals surface area contributed by atoms with Crippen LogP contribution in [-0.2, 0) is 22.7 Å². The molecule has 1 aliphatic rings. The van der Waals surface area contributed by atoms with E-state index < -0.39 is 9.84 Å². The molecule has 0 fully saturated rings. The fraction of sp³-hybridized carbons (Fsp3) is 0.500. The molecule has 0 radical (unpaired) electrons. The SMILES string of the molecule is CS(=O)(=O)CCNc1ccc2c(c1)CCC2. The minimum atomic E-state index is -2.87. The summed E-state index contributed by atoms with van der Waals surface area (Å²) in [7, 11) is -2.87. The fourth-order valence-corrected chi connectivity index (χ4v) is 2.54. The van der Waals surface area contributed by atoms with E-state index in [0.717, 1.165) is 12.1 Å². The Bertz CT molecular complexity index is 480. The van der Waals surface area contributed by atoms with Crippen molar-refractivity contribution in [2.45, 2.75) is 19.3 Å². The number of hydrogen-bond donors (Lipinski definition) is 1. The smallest absolute Gasteiger partial charge is 0.149 e. The van der Waals surface area contributed by atoms with Crippen LogP contribution in [0.5, 0.6) is 0 Å². The summed E-state index contributed by atoms with van der Waals surface area (Å²) >= 11 is 0. The summed E-state index contributed by atoms with van der Waals surface area (Å²) in [6, 6.07) is 6.32. The van der Waals surface area contributed by atoms with E-state index in [2.05, 4.69) is 17.4 Å². The number of hydrogen-bond acceptors (Lipinski definition) is 3. The average molecular weight is 239 g/mol. The first-order valence-corrected chi connectivity index (χ1v) is 7.64. The first kappa shape index (κ1) is 11.5. The lowest BCUT2D eigenvalue weighted by Gasteiger charge is -2.07. The molecule has 2 rings (SSSR count). The molecule has 88 valence electrons. The van der Waals surface area contributed by atoms with Crippen molar-refractivity contribution in [3.8, 4) is 0 Å². The normalized spacial score (nSPS) is 14.8. The Labute approximate surface area is 96.8 Å². The maximum absolute atomic E-state index is 11.0. The Morgan fingerprint density at radius 1 is 1.25 bits per heavy atom. The van der Waals surface area contributed by atoms with Gasteiger partial charge in [0.15, 0.2) is 0 Å². The molecular weight excluding hydrogens is 222 g/mol. The van der Waals surface area contributed by atoms with Crippen LogP contribution in [-0.4, -0.2) is 27.0 Å². The number of benzene rings is 1. The molecule has 0 bridgehead atoms. The van der Waals surface area contributed by atoms with Crippen LogP contribution >= 0.6 is 0 Å². The third-order valence-electron chi connectivity index (χ3n) is 2.90. The minimum absolute atomic E-state index is 0.185. The van der Waals surface area contributed by atoms with Crippen LogP contribution in [0, 0.1) is 0 Å². The van der Waals surface area contributed by atoms with Crippen molar-refractivity contribution in [3.63, 3.8) is 0 Å². The van der Waals surface area contributed by atoms with Gasteiger partial charge in [-0.05, 0) is 42.5 Å². The third-order valence-corrected chi connectivity index (χ3v) is 3.85. The molecule has 1 N–H and O–H groups in total. The van der Waals surface area contributed by atoms with Crippen molar-refractivity contribution in [1.82, 2.24) is 0 Å². The van der Waals surface area contributed by atoms with Gasteiger partial charge in [-0.25, -0.2) is 8.42 Å². The lowest BCUT2D eigenvalue weighted by molar-refractivity contribution is 0.602. The summed E-state index contributed by atoms with van der Waals surface area (Å²) in [5.74, 6) is 0.185. The van der Waals surface area contributed by atoms with Gasteiger partial charge in [-0.3, -0.25) is 0 Å². The van der Waals surface area contributed by atoms with Crippen LogP contribution in [0.2, 0.25) is 0 Å². The van der Waals surface area contributed by atoms with Gasteiger partial charge in [0.05, 0.1) is 5.75 Å². The minimum Gasteiger partial charge on any atom is -0.384 e. The highest BCUT2D eigenvalue weighted by molar-refractivity contribution is 7.90. The van der Waals surface area contributed by atoms with Gasteiger partial charge in [-0.2, -0.15) is 0 Å². The van der Waals surface area contributed by atoms with Crippen LogP contribution in [0.4, 0.5) is 5.69 Å². The van der Waals surface area contributed by atoms with Crippen LogP contribution < -0.4 is 5.32 Å². The molecule has 0 spiro atoms. The number of rotatable bonds is 4. The highest BCUT2D eigenvalue weighted by Gasteiger charge is 2.10. The molecule has 0 saturated heterocycles. The molecule has 16 heavy (non-hydrogen) atoms. The van der Waals surface area contributed by atoms with Crippen LogP contribution in [0.15, 0.2) is 18.2 Å². The zero-order chi connectivity index (χ0) is 11.6. The Hall–Kier alpha value is -1.03. The molecule has 1 aromatic rings. The standard InChI is InChI=1S/C12H17NO2S/c1-16(14,15)8-7-13-12-6-5-10-3-2-4-11(10)9-12/h5-6,9,13H,2-4,7-8H2,1H3. The molecular formula is C12H17NO2S. The number of sulfone groups is 1. The lowest BCUT2D eigenvalue weighted by atomic mass is 10.1. The van der Waals surface area contributed by atoms with Crippen molar-refractivity contribution in [1.29, 1.82) is 0 Å². The summed E-state index contributed by atoms with van der Waals surface area (Å²) in [4.78, 5) is 0. The third kappa shape index (κ3) is 2.98. The van der Waals surface area contributed by atoms with Crippen molar-refractivity contribution >= 4 is 15.5 Å². The van der Waals surface area contributed by atoms with Gasteiger partial charge >= 0.3 is 0 Å². The second-order valence-electron chi connectivity index (χ2n) is 4.39. The maximum Gasteiger partial charge on any atom is 0.149 e. The summed E-state index contributed by atoms with van der Waals surface area (Å²) in [5.41, 5.74) is 3.88. The summed E-state index contributed by atoms with van der Waals surface area (Å²) in [5, 5.41) is 3.15. The molecule has 0 heterocycles. The van der Waals surface area contributed by atoms with Crippen LogP contribution in [0.1, 0.15) is 17.5 Å². The van der Waals surface area contributed by atoms with Crippen molar-refractivity contribution in [3.05, 3.63) is 29.3 Å². The van der Waals surface area contributed by atoms with Gasteiger partial charge in [0.1, 0.15) is 9.84 Å². The predicted octanol–water partition coefficient (Wildman–Crippen LogP) is 1.63. The van der Waals surface area contributed by atoms with E-state index in [-0.39, 0.29) is 5.75 Å². The van der Waals surface area contributed by atoms with Crippen LogP contribution in [0.3, 0.4) is 0 Å². The zero-order valence-corrected chi connectivity index (χ0v) is 10.3. The molecule has 1 aromatic carbocycles. The average Bonchev–Trinajstić information content (AvgIpc) is 2.62. The molecule has 0 atom stereocenters. The Balaban J connectivity index is 1.95. The molecule has 0 unspecified atom stereocenters. The second-order valence-corrected chi connectivity index (χ2v) is 6.65. The topological polar surface area (TPSA) is 46.2 Å². The molecule has 0 aromatic heterocycles. The molecule has 4 heteroatoms. The highest BCUT2D eigenvalue weighted by Crippen LogP contribution is 2.24. The van der Waals surface area contributed by atoms with E-state index in [1.54, 1.807) is 0 Å². The number of nitrogens with one attached hydrogen (secondary N) is 1. The zero-order valence-electron chi connectivity index (χ0n) is 9.49. The first-order chi connectivity index (χ1) is 7.54. The molecule has 0 aliphatic heterocycles. The van der Waals surface area contributed by atoms with Gasteiger partial charge in [0, 0.05) is 18.5 Å². The Morgan fingerprint density at radius 2 is 2.00 bits per heavy atom. The molecule has 0 saturated carbocycles. The van der Waals surface area contributed by atoms with E-state index in [9.17, 15) is 8.42 Å². The Kier molecular flexibility index (Phi) is 3.19. The highest BCUT2D eigenvalue weighted by atomic mass is 32.2. The van der Waals surface area contributed by atoms with Crippen LogP contribution in [0.25, 0.3) is 0 Å². The molecule has 3 nitrogen and oxygen atoms in total. The number of aryl methyl sites for hydroxylation is 2. The van der Waals surface area contributed by atoms with Gasteiger partial charge in [-0.1, -0.05) is 6.07 Å². The van der Waals surface area contributed by atoms with E-state index in [0.29, 0.717) is 6.54 Å². The lowest BCUT2D eigenvalue weighted by Crippen LogP contribution is -2.14. The summed E-state index contributed by atoms with van der Waals surface area (Å²) < 4.78 is 21.9. The first-order valence-electron chi connectivity index (χ1n) is 5.58. The quantitative estimate of drug-likeness (QED) is 0.868. The van der Waals surface area contributed by atoms with E-state index in [1.807, 2.05) is 6.07 Å². The summed E-state index contributed by atoms with van der Waals surface area (Å²) in [6.45, 7) is 0.484. The maximum atomic E-state index is 11.0. The van der Waals surface area contributed by atoms with E-state index >= 15 is 0 Å². The number of anilines is 1. The fourth-order valence-electron chi connectivity index (χ4n) is 2.06. The Morgan fingerprint density at radius 3 is 2.75 bits per heavy atom. The molecule has 0 amide bonds. The van der Waals surface area contributed by atoms with Gasteiger partial charge in [0.25, 0.3) is 0 Å². The van der Waals surface area contributed by atoms with Crippen molar-refractivity contribution in [2.24, 2.45) is 0 Å². The van der Waals surface area contributed by atoms with E-state index in [1.165, 1.54) is 30.2 Å². The molecule has 1 aliphatic carbocycles. The summed E-state index contributed by atoms with van der Waals surface area (Å²) in [6.07, 6.45) is 4.83. The largest absolute Gasteiger partial charge is 0.384 e. The van der Waals surface area contributed by atoms with Gasteiger partial charge in [-0.15, -0.1) is 0 Å². The number of fused-ring (bicyclic) bond motifs is 1. The van der Waals surface area contributed by atoms with Gasteiger partial charge in [0.2, 0.25) is 0 Å².